The van der Waals surface area contributed by atoms with Crippen LogP contribution in [-0.4, -0.2) is 54.4 Å². The largest absolute Gasteiger partial charge is 0.367 e. The number of para-hydroxylation sites is 2. The van der Waals surface area contributed by atoms with E-state index in [4.69, 9.17) is 0 Å². The van der Waals surface area contributed by atoms with E-state index < -0.39 is 11.8 Å². The number of aromatic nitrogens is 1. The molecule has 1 saturated heterocycles. The van der Waals surface area contributed by atoms with Crippen molar-refractivity contribution in [2.75, 3.05) is 42.9 Å². The molecule has 0 aliphatic carbocycles. The number of nitrogens with zero attached hydrogens (tertiary/aromatic N) is 3. The van der Waals surface area contributed by atoms with Gasteiger partial charge < -0.3 is 15.5 Å². The summed E-state index contributed by atoms with van der Waals surface area (Å²) in [6.45, 7) is 2.92. The molecule has 0 spiro atoms. The first kappa shape index (κ1) is 22.4. The average Bonchev–Trinajstić information content (AvgIpc) is 2.86. The van der Waals surface area contributed by atoms with Gasteiger partial charge >= 0.3 is 11.8 Å². The minimum Gasteiger partial charge on any atom is -0.367 e. The number of anilines is 2. The van der Waals surface area contributed by atoms with E-state index >= 15 is 0 Å². The molecule has 170 valence electrons. The van der Waals surface area contributed by atoms with Crippen LogP contribution in [0.25, 0.3) is 0 Å². The second-order valence-corrected chi connectivity index (χ2v) is 7.81. The summed E-state index contributed by atoms with van der Waals surface area (Å²) >= 11 is 0. The Balaban J connectivity index is 1.39. The van der Waals surface area contributed by atoms with Crippen LogP contribution in [0.15, 0.2) is 79.1 Å². The fraction of sp³-hybridized carbons (Fsp3) is 0.240. The summed E-state index contributed by atoms with van der Waals surface area (Å²) in [5, 5.41) is 5.35. The Morgan fingerprint density at radius 3 is 2.33 bits per heavy atom. The number of benzene rings is 2. The predicted octanol–water partition coefficient (Wildman–Crippen LogP) is 2.84. The quantitative estimate of drug-likeness (QED) is 0.569. The first-order valence-corrected chi connectivity index (χ1v) is 10.9. The second kappa shape index (κ2) is 10.7. The smallest absolute Gasteiger partial charge is 0.313 e. The number of hydrogen-bond acceptors (Lipinski definition) is 5. The van der Waals surface area contributed by atoms with Crippen molar-refractivity contribution in [1.29, 1.82) is 0 Å². The van der Waals surface area contributed by atoms with E-state index in [1.165, 1.54) is 6.07 Å². The molecular formula is C25H26FN5O2. The third kappa shape index (κ3) is 5.72. The molecule has 2 aromatic carbocycles. The lowest BCUT2D eigenvalue weighted by Gasteiger charge is -2.40. The van der Waals surface area contributed by atoms with Crippen molar-refractivity contribution < 1.29 is 14.0 Å². The van der Waals surface area contributed by atoms with E-state index in [1.54, 1.807) is 48.8 Å². The lowest BCUT2D eigenvalue weighted by atomic mass is 10.1. The zero-order chi connectivity index (χ0) is 23.0. The predicted molar refractivity (Wildman–Crippen MR) is 125 cm³/mol. The van der Waals surface area contributed by atoms with Gasteiger partial charge in [0, 0.05) is 50.8 Å². The van der Waals surface area contributed by atoms with Crippen LogP contribution in [0.3, 0.4) is 0 Å². The van der Waals surface area contributed by atoms with Gasteiger partial charge in [0.05, 0.1) is 11.7 Å². The number of carbonyl (C=O) groups excluding carboxylic acids is 2. The van der Waals surface area contributed by atoms with Crippen LogP contribution in [0, 0.1) is 5.82 Å². The highest BCUT2D eigenvalue weighted by Crippen LogP contribution is 2.25. The van der Waals surface area contributed by atoms with Gasteiger partial charge in [-0.15, -0.1) is 0 Å². The molecule has 4 rings (SSSR count). The van der Waals surface area contributed by atoms with Crippen LogP contribution >= 0.6 is 0 Å². The molecule has 7 nitrogen and oxygen atoms in total. The summed E-state index contributed by atoms with van der Waals surface area (Å²) in [6.07, 6.45) is 3.46. The molecule has 0 radical (unpaired) electrons. The maximum atomic E-state index is 14.2. The highest BCUT2D eigenvalue weighted by atomic mass is 19.1. The number of piperazine rings is 1. The molecule has 0 saturated carbocycles. The van der Waals surface area contributed by atoms with Crippen LogP contribution in [0.1, 0.15) is 11.6 Å². The number of pyridine rings is 1. The molecule has 1 fully saturated rings. The Morgan fingerprint density at radius 2 is 1.64 bits per heavy atom. The normalized spacial score (nSPS) is 15.0. The van der Waals surface area contributed by atoms with Gasteiger partial charge in [-0.1, -0.05) is 36.4 Å². The minimum atomic E-state index is -0.712. The van der Waals surface area contributed by atoms with Crippen LogP contribution in [0.5, 0.6) is 0 Å². The number of rotatable bonds is 6. The van der Waals surface area contributed by atoms with Crippen molar-refractivity contribution in [2.24, 2.45) is 0 Å². The minimum absolute atomic E-state index is 0.157. The maximum absolute atomic E-state index is 14.2. The summed E-state index contributed by atoms with van der Waals surface area (Å²) in [6, 6.07) is 19.3. The van der Waals surface area contributed by atoms with E-state index in [2.05, 4.69) is 20.5 Å². The van der Waals surface area contributed by atoms with E-state index in [0.29, 0.717) is 37.6 Å². The van der Waals surface area contributed by atoms with E-state index in [1.807, 2.05) is 29.2 Å². The zero-order valence-corrected chi connectivity index (χ0v) is 18.2. The van der Waals surface area contributed by atoms with E-state index in [-0.39, 0.29) is 18.4 Å². The van der Waals surface area contributed by atoms with Crippen LogP contribution in [0.4, 0.5) is 15.8 Å². The Morgan fingerprint density at radius 1 is 0.909 bits per heavy atom. The number of carbonyl (C=O) groups is 2. The molecule has 1 aromatic heterocycles. The summed E-state index contributed by atoms with van der Waals surface area (Å²) in [5.41, 5.74) is 2.10. The second-order valence-electron chi connectivity index (χ2n) is 7.81. The Kier molecular flexibility index (Phi) is 7.26. The molecular weight excluding hydrogens is 421 g/mol. The summed E-state index contributed by atoms with van der Waals surface area (Å²) in [5.74, 6) is -1.64. The first-order chi connectivity index (χ1) is 16.1. The fourth-order valence-electron chi connectivity index (χ4n) is 3.99. The Bertz CT molecular complexity index is 1070. The number of amides is 2. The van der Waals surface area contributed by atoms with Crippen LogP contribution in [-0.2, 0) is 9.59 Å². The third-order valence-corrected chi connectivity index (χ3v) is 5.71. The molecule has 8 heteroatoms. The fourth-order valence-corrected chi connectivity index (χ4v) is 3.99. The molecule has 1 atom stereocenters. The number of nitrogens with one attached hydrogen (secondary N) is 2. The first-order valence-electron chi connectivity index (χ1n) is 10.9. The standard InChI is InChI=1S/C25H26FN5O2/c26-21-10-4-5-11-22(21)30-13-15-31(16-14-30)23(19-7-6-12-27-17-19)18-28-24(32)25(33)29-20-8-2-1-3-9-20/h1-12,17,23H,13-16,18H2,(H,28,32)(H,29,33)/t23-/m0/s1. The average molecular weight is 448 g/mol. The molecule has 3 aromatic rings. The zero-order valence-electron chi connectivity index (χ0n) is 18.2. The van der Waals surface area contributed by atoms with Crippen molar-refractivity contribution in [3.8, 4) is 0 Å². The molecule has 2 heterocycles. The van der Waals surface area contributed by atoms with Gasteiger partial charge in [0.2, 0.25) is 0 Å². The summed E-state index contributed by atoms with van der Waals surface area (Å²) in [4.78, 5) is 33.2. The van der Waals surface area contributed by atoms with Crippen molar-refractivity contribution in [3.63, 3.8) is 0 Å². The molecule has 2 amide bonds. The lowest BCUT2D eigenvalue weighted by Crippen LogP contribution is -2.50. The molecule has 33 heavy (non-hydrogen) atoms. The third-order valence-electron chi connectivity index (χ3n) is 5.71. The number of hydrogen-bond donors (Lipinski definition) is 2. The van der Waals surface area contributed by atoms with E-state index in [9.17, 15) is 14.0 Å². The van der Waals surface area contributed by atoms with Gasteiger partial charge in [-0.2, -0.15) is 0 Å². The number of halogens is 1. The highest BCUT2D eigenvalue weighted by Gasteiger charge is 2.27. The summed E-state index contributed by atoms with van der Waals surface area (Å²) < 4.78 is 14.2. The monoisotopic (exact) mass is 447 g/mol. The maximum Gasteiger partial charge on any atom is 0.313 e. The van der Waals surface area contributed by atoms with Crippen molar-refractivity contribution >= 4 is 23.2 Å². The molecule has 1 aliphatic heterocycles. The van der Waals surface area contributed by atoms with Gasteiger partial charge in [0.25, 0.3) is 0 Å². The highest BCUT2D eigenvalue weighted by molar-refractivity contribution is 6.39. The van der Waals surface area contributed by atoms with Crippen molar-refractivity contribution in [1.82, 2.24) is 15.2 Å². The van der Waals surface area contributed by atoms with Gasteiger partial charge in [-0.3, -0.25) is 19.5 Å². The van der Waals surface area contributed by atoms with Crippen molar-refractivity contribution in [3.05, 3.63) is 90.5 Å². The Hall–Kier alpha value is -3.78. The molecule has 2 N–H and O–H groups in total. The Labute approximate surface area is 192 Å². The molecule has 0 bridgehead atoms. The van der Waals surface area contributed by atoms with Gasteiger partial charge in [0.1, 0.15) is 5.82 Å². The van der Waals surface area contributed by atoms with Crippen LogP contribution in [0.2, 0.25) is 0 Å². The van der Waals surface area contributed by atoms with Crippen LogP contribution < -0.4 is 15.5 Å². The van der Waals surface area contributed by atoms with E-state index in [0.717, 1.165) is 5.56 Å². The lowest BCUT2D eigenvalue weighted by molar-refractivity contribution is -0.136. The summed E-state index contributed by atoms with van der Waals surface area (Å²) in [7, 11) is 0. The SMILES string of the molecule is O=C(NC[C@@H](c1cccnc1)N1CCN(c2ccccc2F)CC1)C(=O)Nc1ccccc1. The van der Waals surface area contributed by atoms with Gasteiger partial charge in [-0.25, -0.2) is 4.39 Å². The topological polar surface area (TPSA) is 77.6 Å². The molecule has 1 aliphatic rings. The van der Waals surface area contributed by atoms with Gasteiger partial charge in [0.15, 0.2) is 0 Å². The van der Waals surface area contributed by atoms with Gasteiger partial charge in [-0.05, 0) is 35.9 Å². The molecule has 0 unspecified atom stereocenters. The van der Waals surface area contributed by atoms with Crippen molar-refractivity contribution in [2.45, 2.75) is 6.04 Å².